The molecule has 3 rings (SSSR count). The van der Waals surface area contributed by atoms with Gasteiger partial charge in [0.05, 0.1) is 13.2 Å². The highest BCUT2D eigenvalue weighted by atomic mass is 16.5. The lowest BCUT2D eigenvalue weighted by molar-refractivity contribution is 0.395. The van der Waals surface area contributed by atoms with Crippen LogP contribution in [0, 0.1) is 0 Å². The Hall–Kier alpha value is -2.07. The van der Waals surface area contributed by atoms with E-state index in [1.807, 2.05) is 37.4 Å². The first-order valence-electron chi connectivity index (χ1n) is 5.81. The second kappa shape index (κ2) is 4.31. The third-order valence-electron chi connectivity index (χ3n) is 3.14. The fourth-order valence-electron chi connectivity index (χ4n) is 2.26. The molecule has 0 spiro atoms. The molecule has 0 bridgehead atoms. The molecule has 0 saturated heterocycles. The summed E-state index contributed by atoms with van der Waals surface area (Å²) in [5.41, 5.74) is 2.15. The molecule has 1 aliphatic rings. The maximum Gasteiger partial charge on any atom is 0.224 e. The van der Waals surface area contributed by atoms with Crippen LogP contribution in [0.3, 0.4) is 0 Å². The summed E-state index contributed by atoms with van der Waals surface area (Å²) < 4.78 is 11.0. The Kier molecular flexibility index (Phi) is 2.64. The van der Waals surface area contributed by atoms with Gasteiger partial charge in [0.1, 0.15) is 11.5 Å². The number of nitrogens with one attached hydrogen (secondary N) is 1. The molecule has 1 atom stereocenters. The maximum absolute atomic E-state index is 5.82. The average Bonchev–Trinajstić information content (AvgIpc) is 2.44. The third kappa shape index (κ3) is 1.62. The van der Waals surface area contributed by atoms with E-state index in [9.17, 15) is 0 Å². The van der Waals surface area contributed by atoms with Gasteiger partial charge in [0.2, 0.25) is 5.88 Å². The van der Waals surface area contributed by atoms with Gasteiger partial charge in [-0.15, -0.1) is 0 Å². The number of benzene rings is 1. The minimum absolute atomic E-state index is 0.100. The van der Waals surface area contributed by atoms with Gasteiger partial charge in [-0.3, -0.25) is 0 Å². The Morgan fingerprint density at radius 1 is 1.28 bits per heavy atom. The van der Waals surface area contributed by atoms with Crippen molar-refractivity contribution in [2.75, 3.05) is 14.2 Å². The molecule has 0 amide bonds. The lowest BCUT2D eigenvalue weighted by Crippen LogP contribution is -2.22. The number of aromatic nitrogens is 1. The summed E-state index contributed by atoms with van der Waals surface area (Å²) in [6, 6.07) is 9.89. The Bertz CT molecular complexity index is 584. The molecule has 1 aromatic heterocycles. The summed E-state index contributed by atoms with van der Waals surface area (Å²) in [5, 5.41) is 3.29. The largest absolute Gasteiger partial charge is 0.497 e. The van der Waals surface area contributed by atoms with Crippen molar-refractivity contribution in [1.29, 1.82) is 0 Å². The van der Waals surface area contributed by atoms with Crippen LogP contribution < -0.4 is 14.8 Å². The molecule has 0 radical (unpaired) electrons. The standard InChI is InChI=1S/C14H14N2O2/c1-15-13-10-6-5-9(17-2)8-12(10)18-14-11(13)4-3-7-16-14/h3-8,13,15H,1-2H3. The van der Waals surface area contributed by atoms with Crippen LogP contribution in [0.15, 0.2) is 36.5 Å². The minimum atomic E-state index is 0.100. The molecule has 1 aliphatic heterocycles. The predicted molar refractivity (Wildman–Crippen MR) is 68.2 cm³/mol. The fraction of sp³-hybridized carbons (Fsp3) is 0.214. The maximum atomic E-state index is 5.82. The molecule has 1 aromatic carbocycles. The first-order valence-corrected chi connectivity index (χ1v) is 5.81. The van der Waals surface area contributed by atoms with Crippen molar-refractivity contribution in [2.24, 2.45) is 0 Å². The normalized spacial score (nSPS) is 16.4. The van der Waals surface area contributed by atoms with E-state index < -0.39 is 0 Å². The van der Waals surface area contributed by atoms with Gasteiger partial charge in [-0.2, -0.15) is 0 Å². The summed E-state index contributed by atoms with van der Waals surface area (Å²) in [5.74, 6) is 2.22. The monoisotopic (exact) mass is 242 g/mol. The van der Waals surface area contributed by atoms with Crippen molar-refractivity contribution in [2.45, 2.75) is 6.04 Å². The number of methoxy groups -OCH3 is 1. The Morgan fingerprint density at radius 3 is 2.94 bits per heavy atom. The molecule has 2 heterocycles. The van der Waals surface area contributed by atoms with E-state index in [0.717, 1.165) is 22.6 Å². The number of hydrogen-bond donors (Lipinski definition) is 1. The van der Waals surface area contributed by atoms with Crippen molar-refractivity contribution in [3.63, 3.8) is 0 Å². The number of pyridine rings is 1. The van der Waals surface area contributed by atoms with Crippen molar-refractivity contribution in [3.05, 3.63) is 47.7 Å². The summed E-state index contributed by atoms with van der Waals surface area (Å²) >= 11 is 0. The molecule has 0 saturated carbocycles. The van der Waals surface area contributed by atoms with Gasteiger partial charge in [-0.1, -0.05) is 6.07 Å². The number of fused-ring (bicyclic) bond motifs is 2. The molecule has 4 heteroatoms. The molecule has 4 nitrogen and oxygen atoms in total. The van der Waals surface area contributed by atoms with Crippen LogP contribution in [0.25, 0.3) is 0 Å². The predicted octanol–water partition coefficient (Wildman–Crippen LogP) is 2.50. The second-order valence-electron chi connectivity index (χ2n) is 4.13. The van der Waals surface area contributed by atoms with Crippen LogP contribution in [0.5, 0.6) is 17.4 Å². The van der Waals surface area contributed by atoms with Crippen molar-refractivity contribution in [1.82, 2.24) is 10.3 Å². The fourth-order valence-corrected chi connectivity index (χ4v) is 2.26. The highest BCUT2D eigenvalue weighted by Crippen LogP contribution is 2.42. The first-order chi connectivity index (χ1) is 8.83. The second-order valence-corrected chi connectivity index (χ2v) is 4.13. The Morgan fingerprint density at radius 2 is 2.17 bits per heavy atom. The SMILES string of the molecule is CNC1c2ccc(OC)cc2Oc2ncccc21. The van der Waals surface area contributed by atoms with Gasteiger partial charge in [-0.25, -0.2) is 4.98 Å². The topological polar surface area (TPSA) is 43.4 Å². The number of nitrogens with zero attached hydrogens (tertiary/aromatic N) is 1. The van der Waals surface area contributed by atoms with E-state index in [1.54, 1.807) is 13.3 Å². The van der Waals surface area contributed by atoms with E-state index in [1.165, 1.54) is 0 Å². The van der Waals surface area contributed by atoms with E-state index in [4.69, 9.17) is 9.47 Å². The highest BCUT2D eigenvalue weighted by molar-refractivity contribution is 5.52. The molecular formula is C14H14N2O2. The Balaban J connectivity index is 2.14. The number of hydrogen-bond acceptors (Lipinski definition) is 4. The van der Waals surface area contributed by atoms with Gasteiger partial charge in [0.15, 0.2) is 0 Å². The molecule has 0 aliphatic carbocycles. The molecule has 2 aromatic rings. The molecule has 1 unspecified atom stereocenters. The Labute approximate surface area is 106 Å². The number of ether oxygens (including phenoxy) is 2. The minimum Gasteiger partial charge on any atom is -0.497 e. The van der Waals surface area contributed by atoms with Crippen molar-refractivity contribution in [3.8, 4) is 17.4 Å². The summed E-state index contributed by atoms with van der Waals surface area (Å²) in [7, 11) is 3.58. The van der Waals surface area contributed by atoms with Crippen molar-refractivity contribution >= 4 is 0 Å². The summed E-state index contributed by atoms with van der Waals surface area (Å²) in [6.45, 7) is 0. The molecule has 18 heavy (non-hydrogen) atoms. The molecule has 0 fully saturated rings. The van der Waals surface area contributed by atoms with Gasteiger partial charge in [0, 0.05) is 23.4 Å². The van der Waals surface area contributed by atoms with Gasteiger partial charge >= 0.3 is 0 Å². The smallest absolute Gasteiger partial charge is 0.224 e. The van der Waals surface area contributed by atoms with Crippen LogP contribution in [0.1, 0.15) is 17.2 Å². The van der Waals surface area contributed by atoms with Gasteiger partial charge < -0.3 is 14.8 Å². The molecule has 92 valence electrons. The highest BCUT2D eigenvalue weighted by Gasteiger charge is 2.26. The van der Waals surface area contributed by atoms with Crippen LogP contribution >= 0.6 is 0 Å². The lowest BCUT2D eigenvalue weighted by atomic mass is 9.96. The molecule has 1 N–H and O–H groups in total. The van der Waals surface area contributed by atoms with Gasteiger partial charge in [-0.05, 0) is 25.2 Å². The molecular weight excluding hydrogens is 228 g/mol. The van der Waals surface area contributed by atoms with Crippen LogP contribution in [-0.2, 0) is 0 Å². The average molecular weight is 242 g/mol. The van der Waals surface area contributed by atoms with E-state index in [-0.39, 0.29) is 6.04 Å². The van der Waals surface area contributed by atoms with Crippen LogP contribution in [0.4, 0.5) is 0 Å². The number of rotatable bonds is 2. The van der Waals surface area contributed by atoms with E-state index >= 15 is 0 Å². The first kappa shape index (κ1) is 11.0. The van der Waals surface area contributed by atoms with Gasteiger partial charge in [0.25, 0.3) is 0 Å². The quantitative estimate of drug-likeness (QED) is 0.878. The van der Waals surface area contributed by atoms with E-state index in [2.05, 4.69) is 10.3 Å². The summed E-state index contributed by atoms with van der Waals surface area (Å²) in [6.07, 6.45) is 1.73. The van der Waals surface area contributed by atoms with Crippen molar-refractivity contribution < 1.29 is 9.47 Å². The summed E-state index contributed by atoms with van der Waals surface area (Å²) in [4.78, 5) is 4.27. The zero-order chi connectivity index (χ0) is 12.5. The zero-order valence-corrected chi connectivity index (χ0v) is 10.3. The third-order valence-corrected chi connectivity index (χ3v) is 3.14. The van der Waals surface area contributed by atoms with E-state index in [0.29, 0.717) is 5.88 Å². The zero-order valence-electron chi connectivity index (χ0n) is 10.3. The van der Waals surface area contributed by atoms with Crippen LogP contribution in [-0.4, -0.2) is 19.1 Å². The lowest BCUT2D eigenvalue weighted by Gasteiger charge is -2.27. The van der Waals surface area contributed by atoms with Crippen LogP contribution in [0.2, 0.25) is 0 Å².